The van der Waals surface area contributed by atoms with Gasteiger partial charge in [-0.3, -0.25) is 4.79 Å². The van der Waals surface area contributed by atoms with Gasteiger partial charge in [-0.1, -0.05) is 29.8 Å². The summed E-state index contributed by atoms with van der Waals surface area (Å²) in [5, 5.41) is 2.44. The molecule has 1 amide bonds. The van der Waals surface area contributed by atoms with E-state index in [1.54, 1.807) is 0 Å². The Morgan fingerprint density at radius 1 is 1.17 bits per heavy atom. The number of rotatable bonds is 4. The van der Waals surface area contributed by atoms with Crippen molar-refractivity contribution in [3.8, 4) is 0 Å². The van der Waals surface area contributed by atoms with Gasteiger partial charge in [-0.2, -0.15) is 13.2 Å². The van der Waals surface area contributed by atoms with E-state index in [9.17, 15) is 18.0 Å². The highest BCUT2D eigenvalue weighted by Crippen LogP contribution is 2.37. The number of carbonyl (C=O) groups excluding carboxylic acids is 1. The normalized spacial score (nSPS) is 11.4. The minimum absolute atomic E-state index is 0.00665. The average Bonchev–Trinajstić information content (AvgIpc) is 2.49. The van der Waals surface area contributed by atoms with Gasteiger partial charge in [0.2, 0.25) is 5.91 Å². The van der Waals surface area contributed by atoms with Crippen LogP contribution >= 0.6 is 23.4 Å². The first-order chi connectivity index (χ1) is 11.2. The molecule has 0 atom stereocenters. The van der Waals surface area contributed by atoms with Gasteiger partial charge in [-0.25, -0.2) is 0 Å². The summed E-state index contributed by atoms with van der Waals surface area (Å²) in [6.07, 6.45) is -4.52. The molecule has 24 heavy (non-hydrogen) atoms. The molecule has 0 aliphatic rings. The molecule has 0 fully saturated rings. The molecule has 2 aromatic rings. The number of alkyl halides is 3. The second-order valence-corrected chi connectivity index (χ2v) is 6.70. The van der Waals surface area contributed by atoms with Crippen molar-refractivity contribution in [2.45, 2.75) is 24.9 Å². The van der Waals surface area contributed by atoms with Crippen LogP contribution in [0.15, 0.2) is 41.3 Å². The zero-order chi connectivity index (χ0) is 17.9. The Morgan fingerprint density at radius 2 is 1.79 bits per heavy atom. The molecule has 0 aromatic heterocycles. The van der Waals surface area contributed by atoms with E-state index in [4.69, 9.17) is 11.6 Å². The minimum Gasteiger partial charge on any atom is -0.325 e. The lowest BCUT2D eigenvalue weighted by Gasteiger charge is -2.12. The zero-order valence-corrected chi connectivity index (χ0v) is 14.6. The summed E-state index contributed by atoms with van der Waals surface area (Å²) in [6, 6.07) is 9.26. The van der Waals surface area contributed by atoms with Crippen molar-refractivity contribution in [1.82, 2.24) is 0 Å². The van der Waals surface area contributed by atoms with Crippen molar-refractivity contribution < 1.29 is 18.0 Å². The van der Waals surface area contributed by atoms with Crippen molar-refractivity contribution in [1.29, 1.82) is 0 Å². The first-order valence-electron chi connectivity index (χ1n) is 7.04. The maximum absolute atomic E-state index is 12.8. The van der Waals surface area contributed by atoms with Crippen LogP contribution in [0, 0.1) is 13.8 Å². The lowest BCUT2D eigenvalue weighted by atomic mass is 10.1. The Morgan fingerprint density at radius 3 is 2.38 bits per heavy atom. The molecule has 0 saturated heterocycles. The molecule has 0 aliphatic carbocycles. The summed E-state index contributed by atoms with van der Waals surface area (Å²) in [4.78, 5) is 12.4. The van der Waals surface area contributed by atoms with Crippen LogP contribution in [0.4, 0.5) is 18.9 Å². The molecule has 0 aliphatic heterocycles. The molecule has 0 heterocycles. The van der Waals surface area contributed by atoms with Crippen molar-refractivity contribution in [3.05, 3.63) is 58.1 Å². The minimum atomic E-state index is -4.52. The summed E-state index contributed by atoms with van der Waals surface area (Å²) in [5.41, 5.74) is 1.69. The number of nitrogens with one attached hydrogen (secondary N) is 1. The Bertz CT molecular complexity index is 742. The van der Waals surface area contributed by atoms with E-state index in [-0.39, 0.29) is 16.7 Å². The van der Waals surface area contributed by atoms with E-state index in [0.717, 1.165) is 34.6 Å². The molecule has 2 nitrogen and oxygen atoms in total. The smallest absolute Gasteiger partial charge is 0.325 e. The Kier molecular flexibility index (Phi) is 5.83. The number of hydrogen-bond acceptors (Lipinski definition) is 2. The highest BCUT2D eigenvalue weighted by molar-refractivity contribution is 8.00. The maximum Gasteiger partial charge on any atom is 0.417 e. The molecule has 0 bridgehead atoms. The fourth-order valence-corrected chi connectivity index (χ4v) is 3.11. The van der Waals surface area contributed by atoms with Gasteiger partial charge in [0.25, 0.3) is 0 Å². The standard InChI is InChI=1S/C17H15ClF3NOS/c1-10-4-3-5-11(2)16(10)22-15(23)9-24-12-6-7-14(18)13(8-12)17(19,20)21/h3-8H,9H2,1-2H3,(H,22,23). The third kappa shape index (κ3) is 4.68. The predicted molar refractivity (Wildman–Crippen MR) is 91.7 cm³/mol. The molecule has 0 unspecified atom stereocenters. The Hall–Kier alpha value is -1.66. The first kappa shape index (κ1) is 18.7. The Balaban J connectivity index is 2.05. The van der Waals surface area contributed by atoms with Crippen LogP contribution in [0.25, 0.3) is 0 Å². The second kappa shape index (κ2) is 7.49. The van der Waals surface area contributed by atoms with E-state index in [1.807, 2.05) is 32.0 Å². The van der Waals surface area contributed by atoms with Crippen molar-refractivity contribution >= 4 is 35.0 Å². The quantitative estimate of drug-likeness (QED) is 0.696. The van der Waals surface area contributed by atoms with Crippen molar-refractivity contribution in [2.75, 3.05) is 11.1 Å². The number of para-hydroxylation sites is 1. The van der Waals surface area contributed by atoms with Crippen LogP contribution in [-0.4, -0.2) is 11.7 Å². The number of halogens is 4. The van der Waals surface area contributed by atoms with Crippen LogP contribution < -0.4 is 5.32 Å². The predicted octanol–water partition coefficient (Wildman–Crippen LogP) is 5.71. The van der Waals surface area contributed by atoms with Gasteiger partial charge in [0.05, 0.1) is 16.3 Å². The molecule has 0 spiro atoms. The van der Waals surface area contributed by atoms with Gasteiger partial charge in [-0.15, -0.1) is 11.8 Å². The Labute approximate surface area is 147 Å². The summed E-state index contributed by atoms with van der Waals surface area (Å²) in [6.45, 7) is 3.76. The summed E-state index contributed by atoms with van der Waals surface area (Å²) >= 11 is 6.60. The van der Waals surface area contributed by atoms with E-state index < -0.39 is 11.7 Å². The van der Waals surface area contributed by atoms with Crippen molar-refractivity contribution in [3.63, 3.8) is 0 Å². The van der Waals surface area contributed by atoms with E-state index in [2.05, 4.69) is 5.32 Å². The van der Waals surface area contributed by atoms with Crippen LogP contribution in [0.2, 0.25) is 5.02 Å². The van der Waals surface area contributed by atoms with E-state index >= 15 is 0 Å². The van der Waals surface area contributed by atoms with Crippen LogP contribution in [0.5, 0.6) is 0 Å². The fourth-order valence-electron chi connectivity index (χ4n) is 2.15. The fraction of sp³-hybridized carbons (Fsp3) is 0.235. The largest absolute Gasteiger partial charge is 0.417 e. The van der Waals surface area contributed by atoms with E-state index in [1.165, 1.54) is 12.1 Å². The molecule has 2 aromatic carbocycles. The van der Waals surface area contributed by atoms with Crippen molar-refractivity contribution in [2.24, 2.45) is 0 Å². The maximum atomic E-state index is 12.8. The molecular formula is C17H15ClF3NOS. The lowest BCUT2D eigenvalue weighted by molar-refractivity contribution is -0.137. The molecular weight excluding hydrogens is 359 g/mol. The number of carbonyl (C=O) groups is 1. The third-order valence-corrected chi connectivity index (χ3v) is 4.68. The number of anilines is 1. The van der Waals surface area contributed by atoms with Gasteiger partial charge in [0.1, 0.15) is 0 Å². The number of hydrogen-bond donors (Lipinski definition) is 1. The second-order valence-electron chi connectivity index (χ2n) is 5.24. The van der Waals surface area contributed by atoms with Crippen LogP contribution in [0.3, 0.4) is 0 Å². The third-order valence-electron chi connectivity index (χ3n) is 3.36. The van der Waals surface area contributed by atoms with Gasteiger partial charge in [0, 0.05) is 10.6 Å². The molecule has 7 heteroatoms. The first-order valence-corrected chi connectivity index (χ1v) is 8.40. The molecule has 2 rings (SSSR count). The average molecular weight is 374 g/mol. The lowest BCUT2D eigenvalue weighted by Crippen LogP contribution is -2.15. The summed E-state index contributed by atoms with van der Waals surface area (Å²) in [5.74, 6) is -0.270. The number of amides is 1. The number of aryl methyl sites for hydroxylation is 2. The molecule has 1 N–H and O–H groups in total. The van der Waals surface area contributed by atoms with Crippen LogP contribution in [-0.2, 0) is 11.0 Å². The highest BCUT2D eigenvalue weighted by Gasteiger charge is 2.33. The monoisotopic (exact) mass is 373 g/mol. The highest BCUT2D eigenvalue weighted by atomic mass is 35.5. The van der Waals surface area contributed by atoms with E-state index in [0.29, 0.717) is 4.90 Å². The van der Waals surface area contributed by atoms with Gasteiger partial charge in [0.15, 0.2) is 0 Å². The SMILES string of the molecule is Cc1cccc(C)c1NC(=O)CSc1ccc(Cl)c(C(F)(F)F)c1. The number of benzene rings is 2. The van der Waals surface area contributed by atoms with Gasteiger partial charge >= 0.3 is 6.18 Å². The van der Waals surface area contributed by atoms with Gasteiger partial charge in [-0.05, 0) is 43.2 Å². The number of thioether (sulfide) groups is 1. The topological polar surface area (TPSA) is 29.1 Å². The molecule has 128 valence electrons. The zero-order valence-electron chi connectivity index (χ0n) is 13.0. The summed E-state index contributed by atoms with van der Waals surface area (Å²) < 4.78 is 38.5. The van der Waals surface area contributed by atoms with Gasteiger partial charge < -0.3 is 5.32 Å². The molecule has 0 radical (unpaired) electrons. The molecule has 0 saturated carbocycles. The van der Waals surface area contributed by atoms with Crippen LogP contribution in [0.1, 0.15) is 16.7 Å². The summed E-state index contributed by atoms with van der Waals surface area (Å²) in [7, 11) is 0.